The number of carbonyl (C=O) groups is 1. The summed E-state index contributed by atoms with van der Waals surface area (Å²) in [6.45, 7) is 0.866. The molecular formula is C24H26N4O4S. The molecule has 0 aliphatic carbocycles. The molecule has 0 unspecified atom stereocenters. The number of rotatable bonds is 8. The van der Waals surface area contributed by atoms with Crippen LogP contribution in [-0.2, 0) is 6.54 Å². The molecule has 0 aliphatic heterocycles. The number of benzene rings is 2. The van der Waals surface area contributed by atoms with Crippen LogP contribution in [0.3, 0.4) is 0 Å². The van der Waals surface area contributed by atoms with Gasteiger partial charge in [-0.25, -0.2) is 4.98 Å². The third kappa shape index (κ3) is 4.64. The Labute approximate surface area is 196 Å². The SMILES string of the molecule is COc1cc(C(=O)Nc2ccccc2-c2cn3cc(CN(C)C)sc3n2)cc(OC)c1OC. The maximum Gasteiger partial charge on any atom is 0.255 e. The lowest BCUT2D eigenvalue weighted by Gasteiger charge is -2.15. The first-order chi connectivity index (χ1) is 15.9. The fourth-order valence-corrected chi connectivity index (χ4v) is 4.66. The molecule has 0 fully saturated rings. The first-order valence-corrected chi connectivity index (χ1v) is 11.1. The van der Waals surface area contributed by atoms with E-state index in [1.165, 1.54) is 26.2 Å². The molecule has 2 aromatic heterocycles. The third-order valence-electron chi connectivity index (χ3n) is 5.05. The molecule has 9 heteroatoms. The molecule has 0 bridgehead atoms. The summed E-state index contributed by atoms with van der Waals surface area (Å²) in [6, 6.07) is 10.8. The zero-order chi connectivity index (χ0) is 23.5. The van der Waals surface area contributed by atoms with E-state index >= 15 is 0 Å². The molecule has 4 aromatic rings. The van der Waals surface area contributed by atoms with Crippen molar-refractivity contribution in [2.45, 2.75) is 6.54 Å². The van der Waals surface area contributed by atoms with Gasteiger partial charge in [0.1, 0.15) is 0 Å². The average molecular weight is 467 g/mol. The molecule has 0 aliphatic rings. The number of carbonyl (C=O) groups excluding carboxylic acids is 1. The quantitative estimate of drug-likeness (QED) is 0.415. The summed E-state index contributed by atoms with van der Waals surface area (Å²) in [5.41, 5.74) is 2.68. The van der Waals surface area contributed by atoms with E-state index in [2.05, 4.69) is 16.4 Å². The third-order valence-corrected chi connectivity index (χ3v) is 6.04. The van der Waals surface area contributed by atoms with Gasteiger partial charge in [0.15, 0.2) is 16.5 Å². The van der Waals surface area contributed by atoms with Crippen molar-refractivity contribution in [3.05, 3.63) is 59.2 Å². The second-order valence-corrected chi connectivity index (χ2v) is 8.76. The Bertz CT molecular complexity index is 1240. The van der Waals surface area contributed by atoms with Crippen LogP contribution < -0.4 is 19.5 Å². The molecule has 0 saturated carbocycles. The summed E-state index contributed by atoms with van der Waals surface area (Å²) >= 11 is 1.65. The lowest BCUT2D eigenvalue weighted by molar-refractivity contribution is 0.102. The van der Waals surface area contributed by atoms with Gasteiger partial charge in [-0.15, -0.1) is 0 Å². The summed E-state index contributed by atoms with van der Waals surface area (Å²) in [6.07, 6.45) is 4.07. The van der Waals surface area contributed by atoms with Gasteiger partial charge >= 0.3 is 0 Å². The predicted octanol–water partition coefficient (Wildman–Crippen LogP) is 4.40. The Kier molecular flexibility index (Phi) is 6.52. The average Bonchev–Trinajstić information content (AvgIpc) is 3.36. The number of amides is 1. The van der Waals surface area contributed by atoms with Gasteiger partial charge in [-0.2, -0.15) is 0 Å². The number of hydrogen-bond donors (Lipinski definition) is 1. The molecule has 0 atom stereocenters. The molecule has 1 amide bonds. The Morgan fingerprint density at radius 1 is 1.06 bits per heavy atom. The minimum Gasteiger partial charge on any atom is -0.493 e. The zero-order valence-corrected chi connectivity index (χ0v) is 20.0. The number of imidazole rings is 1. The van der Waals surface area contributed by atoms with E-state index in [0.717, 1.165) is 22.8 Å². The highest BCUT2D eigenvalue weighted by molar-refractivity contribution is 7.17. The first-order valence-electron chi connectivity index (χ1n) is 10.3. The number of fused-ring (bicyclic) bond motifs is 1. The van der Waals surface area contributed by atoms with E-state index in [4.69, 9.17) is 19.2 Å². The van der Waals surface area contributed by atoms with E-state index in [1.807, 2.05) is 49.0 Å². The molecule has 0 saturated heterocycles. The molecular weight excluding hydrogens is 440 g/mol. The van der Waals surface area contributed by atoms with Crippen molar-refractivity contribution in [2.75, 3.05) is 40.7 Å². The van der Waals surface area contributed by atoms with Crippen molar-refractivity contribution in [3.63, 3.8) is 0 Å². The first kappa shape index (κ1) is 22.6. The largest absolute Gasteiger partial charge is 0.493 e. The summed E-state index contributed by atoms with van der Waals surface area (Å²) in [4.78, 5) is 22.2. The molecule has 8 nitrogen and oxygen atoms in total. The van der Waals surface area contributed by atoms with Crippen LogP contribution in [0.15, 0.2) is 48.8 Å². The van der Waals surface area contributed by atoms with Gasteiger partial charge in [-0.1, -0.05) is 29.5 Å². The maximum atomic E-state index is 13.1. The van der Waals surface area contributed by atoms with Crippen LogP contribution in [0.1, 0.15) is 15.2 Å². The second kappa shape index (κ2) is 9.51. The molecule has 2 aromatic carbocycles. The molecule has 4 rings (SSSR count). The standard InChI is InChI=1S/C24H26N4O4S/c1-27(2)12-16-13-28-14-19(26-24(28)33-16)17-8-6-7-9-18(17)25-23(29)15-10-20(30-3)22(32-5)21(11-15)31-4/h6-11,13-14H,12H2,1-5H3,(H,25,29). The van der Waals surface area contributed by atoms with Gasteiger partial charge in [0, 0.05) is 34.9 Å². The van der Waals surface area contributed by atoms with Gasteiger partial charge in [0.25, 0.3) is 5.91 Å². The van der Waals surface area contributed by atoms with E-state index in [0.29, 0.717) is 28.5 Å². The Hall–Kier alpha value is -3.56. The van der Waals surface area contributed by atoms with Crippen LogP contribution in [0.5, 0.6) is 17.2 Å². The Balaban J connectivity index is 1.64. The fourth-order valence-electron chi connectivity index (χ4n) is 3.58. The number of para-hydroxylation sites is 1. The number of hydrogen-bond acceptors (Lipinski definition) is 7. The van der Waals surface area contributed by atoms with Crippen LogP contribution in [0, 0.1) is 0 Å². The van der Waals surface area contributed by atoms with Gasteiger partial charge < -0.3 is 24.4 Å². The van der Waals surface area contributed by atoms with Crippen LogP contribution in [0.25, 0.3) is 16.2 Å². The Morgan fingerprint density at radius 3 is 2.36 bits per heavy atom. The number of thiazole rings is 1. The molecule has 172 valence electrons. The van der Waals surface area contributed by atoms with Crippen molar-refractivity contribution >= 4 is 27.9 Å². The summed E-state index contributed by atoms with van der Waals surface area (Å²) in [5.74, 6) is 0.968. The number of nitrogens with one attached hydrogen (secondary N) is 1. The van der Waals surface area contributed by atoms with Gasteiger partial charge in [-0.05, 0) is 32.3 Å². The molecule has 2 heterocycles. The molecule has 1 N–H and O–H groups in total. The minimum atomic E-state index is -0.295. The molecule has 0 spiro atoms. The van der Waals surface area contributed by atoms with Gasteiger partial charge in [0.05, 0.1) is 32.7 Å². The fraction of sp³-hybridized carbons (Fsp3) is 0.250. The number of methoxy groups -OCH3 is 3. The van der Waals surface area contributed by atoms with Crippen molar-refractivity contribution in [2.24, 2.45) is 0 Å². The number of anilines is 1. The number of ether oxygens (including phenoxy) is 3. The van der Waals surface area contributed by atoms with Gasteiger partial charge in [0.2, 0.25) is 5.75 Å². The molecule has 33 heavy (non-hydrogen) atoms. The van der Waals surface area contributed by atoms with Crippen LogP contribution >= 0.6 is 11.3 Å². The highest BCUT2D eigenvalue weighted by Gasteiger charge is 2.19. The lowest BCUT2D eigenvalue weighted by Crippen LogP contribution is -2.13. The van der Waals surface area contributed by atoms with Crippen LogP contribution in [-0.4, -0.2) is 55.6 Å². The smallest absolute Gasteiger partial charge is 0.255 e. The lowest BCUT2D eigenvalue weighted by atomic mass is 10.1. The summed E-state index contributed by atoms with van der Waals surface area (Å²) < 4.78 is 18.1. The Morgan fingerprint density at radius 2 is 1.76 bits per heavy atom. The van der Waals surface area contributed by atoms with Crippen molar-refractivity contribution < 1.29 is 19.0 Å². The highest BCUT2D eigenvalue weighted by Crippen LogP contribution is 2.38. The van der Waals surface area contributed by atoms with Gasteiger partial charge in [-0.3, -0.25) is 9.20 Å². The van der Waals surface area contributed by atoms with E-state index in [-0.39, 0.29) is 5.91 Å². The summed E-state index contributed by atoms with van der Waals surface area (Å²) in [7, 11) is 8.64. The normalized spacial score (nSPS) is 11.1. The number of aromatic nitrogens is 2. The topological polar surface area (TPSA) is 77.3 Å². The van der Waals surface area contributed by atoms with Crippen molar-refractivity contribution in [1.82, 2.24) is 14.3 Å². The maximum absolute atomic E-state index is 13.1. The second-order valence-electron chi connectivity index (χ2n) is 7.66. The monoisotopic (exact) mass is 466 g/mol. The van der Waals surface area contributed by atoms with Crippen molar-refractivity contribution in [1.29, 1.82) is 0 Å². The van der Waals surface area contributed by atoms with Crippen molar-refractivity contribution in [3.8, 4) is 28.5 Å². The van der Waals surface area contributed by atoms with Crippen LogP contribution in [0.2, 0.25) is 0 Å². The highest BCUT2D eigenvalue weighted by atomic mass is 32.1. The predicted molar refractivity (Wildman–Crippen MR) is 130 cm³/mol. The number of nitrogens with zero attached hydrogens (tertiary/aromatic N) is 3. The van der Waals surface area contributed by atoms with E-state index < -0.39 is 0 Å². The van der Waals surface area contributed by atoms with Crippen LogP contribution in [0.4, 0.5) is 5.69 Å². The van der Waals surface area contributed by atoms with E-state index in [9.17, 15) is 4.79 Å². The summed E-state index contributed by atoms with van der Waals surface area (Å²) in [5, 5.41) is 3.00. The zero-order valence-electron chi connectivity index (χ0n) is 19.2. The van der Waals surface area contributed by atoms with E-state index in [1.54, 1.807) is 23.5 Å². The minimum absolute atomic E-state index is 0.295. The molecule has 0 radical (unpaired) electrons.